The number of esters is 1. The maximum atomic E-state index is 11.4. The number of rotatable bonds is 37. The smallest absolute Gasteiger partial charge is 0.305 e. The monoisotopic (exact) mass is 713 g/mol. The summed E-state index contributed by atoms with van der Waals surface area (Å²) < 4.78 is 4.86. The van der Waals surface area contributed by atoms with E-state index in [-0.39, 0.29) is 25.8 Å². The Kier molecular flexibility index (Phi) is 43.7. The lowest BCUT2D eigenvalue weighted by Gasteiger charge is -2.08. The molecule has 5 N–H and O–H groups in total. The van der Waals surface area contributed by atoms with Crippen molar-refractivity contribution in [2.24, 2.45) is 0 Å². The van der Waals surface area contributed by atoms with Gasteiger partial charge in [0, 0.05) is 12.8 Å². The van der Waals surface area contributed by atoms with E-state index < -0.39 is 18.2 Å². The standard InChI is InChI=1S/2C21H40O4/c1-2-3-4-5-6-7-8-9-10-11-12-13-14-15-16-17-21(24)25-19-20(23)18-22;22-19-20(23)17-15-13-11-9-7-5-3-1-2-4-6-8-10-12-14-16-18-21(24)25/h9-10,20,22-23H,2-8,11-19H2,1H3;2,4,20,22-23H,1,3,5-19H2,(H,24,25). The van der Waals surface area contributed by atoms with Crippen LogP contribution in [0.25, 0.3) is 0 Å². The fraction of sp³-hybridized carbons (Fsp3) is 0.857. The number of aliphatic carboxylic acids is 1. The van der Waals surface area contributed by atoms with Gasteiger partial charge in [-0.15, -0.1) is 0 Å². The van der Waals surface area contributed by atoms with Gasteiger partial charge in [-0.2, -0.15) is 0 Å². The predicted molar refractivity (Wildman–Crippen MR) is 207 cm³/mol. The second-order valence-electron chi connectivity index (χ2n) is 13.9. The van der Waals surface area contributed by atoms with Crippen molar-refractivity contribution in [1.29, 1.82) is 0 Å². The molecular weight excluding hydrogens is 632 g/mol. The molecule has 2 atom stereocenters. The minimum Gasteiger partial charge on any atom is -0.481 e. The molecule has 296 valence electrons. The van der Waals surface area contributed by atoms with Crippen molar-refractivity contribution in [3.8, 4) is 0 Å². The Morgan fingerprint density at radius 1 is 0.500 bits per heavy atom. The van der Waals surface area contributed by atoms with Crippen LogP contribution in [0.2, 0.25) is 0 Å². The van der Waals surface area contributed by atoms with Crippen molar-refractivity contribution in [1.82, 2.24) is 0 Å². The largest absolute Gasteiger partial charge is 0.481 e. The van der Waals surface area contributed by atoms with E-state index in [0.29, 0.717) is 12.8 Å². The van der Waals surface area contributed by atoms with Crippen molar-refractivity contribution in [3.63, 3.8) is 0 Å². The molecule has 50 heavy (non-hydrogen) atoms. The third-order valence-corrected chi connectivity index (χ3v) is 8.84. The van der Waals surface area contributed by atoms with Crippen LogP contribution in [0.15, 0.2) is 24.3 Å². The number of carboxylic acid groups (broad SMARTS) is 1. The zero-order valence-corrected chi connectivity index (χ0v) is 32.3. The lowest BCUT2D eigenvalue weighted by atomic mass is 10.1. The first-order chi connectivity index (χ1) is 24.4. The summed E-state index contributed by atoms with van der Waals surface area (Å²) >= 11 is 0. The summed E-state index contributed by atoms with van der Waals surface area (Å²) in [4.78, 5) is 21.7. The lowest BCUT2D eigenvalue weighted by molar-refractivity contribution is -0.147. The van der Waals surface area contributed by atoms with Crippen molar-refractivity contribution in [3.05, 3.63) is 24.3 Å². The van der Waals surface area contributed by atoms with Gasteiger partial charge in [0.2, 0.25) is 0 Å². The van der Waals surface area contributed by atoms with Crippen molar-refractivity contribution in [2.75, 3.05) is 19.8 Å². The van der Waals surface area contributed by atoms with Crippen LogP contribution in [-0.4, -0.2) is 69.5 Å². The number of carbonyl (C=O) groups excluding carboxylic acids is 1. The zero-order chi connectivity index (χ0) is 37.2. The summed E-state index contributed by atoms with van der Waals surface area (Å²) in [6.45, 7) is 1.66. The molecule has 0 aliphatic rings. The summed E-state index contributed by atoms with van der Waals surface area (Å²) in [6, 6.07) is 0. The Balaban J connectivity index is 0. The van der Waals surface area contributed by atoms with Crippen LogP contribution in [0.5, 0.6) is 0 Å². The Labute approximate surface area is 307 Å². The second-order valence-corrected chi connectivity index (χ2v) is 13.9. The molecule has 0 fully saturated rings. The van der Waals surface area contributed by atoms with E-state index in [9.17, 15) is 14.7 Å². The van der Waals surface area contributed by atoms with Gasteiger partial charge in [0.25, 0.3) is 0 Å². The highest BCUT2D eigenvalue weighted by Gasteiger charge is 2.07. The van der Waals surface area contributed by atoms with Crippen molar-refractivity contribution in [2.45, 2.75) is 212 Å². The molecule has 0 radical (unpaired) electrons. The second kappa shape index (κ2) is 43.4. The number of allylic oxidation sites excluding steroid dienone is 4. The van der Waals surface area contributed by atoms with Gasteiger partial charge in [0.1, 0.15) is 12.7 Å². The Hall–Kier alpha value is -1.74. The number of ether oxygens (including phenoxy) is 1. The van der Waals surface area contributed by atoms with Gasteiger partial charge in [-0.05, 0) is 70.6 Å². The van der Waals surface area contributed by atoms with Gasteiger partial charge >= 0.3 is 11.9 Å². The van der Waals surface area contributed by atoms with Crippen LogP contribution < -0.4 is 0 Å². The molecule has 0 aliphatic carbocycles. The van der Waals surface area contributed by atoms with E-state index in [2.05, 4.69) is 31.2 Å². The molecule has 0 aromatic carbocycles. The maximum Gasteiger partial charge on any atom is 0.305 e. The number of aliphatic hydroxyl groups is 4. The molecule has 8 heteroatoms. The highest BCUT2D eigenvalue weighted by atomic mass is 16.5. The molecule has 0 saturated heterocycles. The molecule has 0 rings (SSSR count). The normalized spacial score (nSPS) is 12.7. The molecule has 2 unspecified atom stereocenters. The van der Waals surface area contributed by atoms with Crippen LogP contribution in [0, 0.1) is 0 Å². The summed E-state index contributed by atoms with van der Waals surface area (Å²) in [7, 11) is 0. The first-order valence-corrected chi connectivity index (χ1v) is 20.6. The fourth-order valence-electron chi connectivity index (χ4n) is 5.58. The summed E-state index contributed by atoms with van der Waals surface area (Å²) in [5.41, 5.74) is 0. The number of carbonyl (C=O) groups is 2. The van der Waals surface area contributed by atoms with Crippen LogP contribution in [0.4, 0.5) is 0 Å². The number of aliphatic hydroxyl groups excluding tert-OH is 4. The summed E-state index contributed by atoms with van der Waals surface area (Å²) in [5, 5.41) is 44.2. The first-order valence-electron chi connectivity index (χ1n) is 20.6. The Morgan fingerprint density at radius 2 is 0.860 bits per heavy atom. The van der Waals surface area contributed by atoms with E-state index in [1.807, 2.05) is 0 Å². The van der Waals surface area contributed by atoms with E-state index >= 15 is 0 Å². The molecule has 0 bridgehead atoms. The van der Waals surface area contributed by atoms with Crippen molar-refractivity contribution < 1.29 is 39.9 Å². The van der Waals surface area contributed by atoms with Crippen LogP contribution in [-0.2, 0) is 14.3 Å². The van der Waals surface area contributed by atoms with E-state index in [1.165, 1.54) is 109 Å². The highest BCUT2D eigenvalue weighted by molar-refractivity contribution is 5.69. The third kappa shape index (κ3) is 46.3. The lowest BCUT2D eigenvalue weighted by Crippen LogP contribution is -2.21. The summed E-state index contributed by atoms with van der Waals surface area (Å²) in [6.07, 6.45) is 41.5. The molecule has 0 amide bonds. The number of hydrogen-bond acceptors (Lipinski definition) is 7. The Morgan fingerprint density at radius 3 is 1.26 bits per heavy atom. The van der Waals surface area contributed by atoms with Gasteiger partial charge in [0.05, 0.1) is 19.3 Å². The number of carboxylic acids is 1. The molecule has 0 aromatic heterocycles. The number of hydrogen-bond donors (Lipinski definition) is 5. The van der Waals surface area contributed by atoms with Gasteiger partial charge in [-0.3, -0.25) is 9.59 Å². The third-order valence-electron chi connectivity index (χ3n) is 8.84. The van der Waals surface area contributed by atoms with Crippen LogP contribution in [0.1, 0.15) is 200 Å². The highest BCUT2D eigenvalue weighted by Crippen LogP contribution is 2.13. The zero-order valence-electron chi connectivity index (χ0n) is 32.3. The average molecular weight is 713 g/mol. The van der Waals surface area contributed by atoms with Gasteiger partial charge < -0.3 is 30.3 Å². The van der Waals surface area contributed by atoms with Crippen LogP contribution in [0.3, 0.4) is 0 Å². The van der Waals surface area contributed by atoms with Gasteiger partial charge in [-0.1, -0.05) is 140 Å². The SMILES string of the molecule is CCCCCCCCC=CCCCCCCCC(=O)OCC(O)CO.O=C(O)CCCCCCCC=CCCCCCCCCCC(O)CO. The van der Waals surface area contributed by atoms with E-state index in [0.717, 1.165) is 70.6 Å². The molecule has 0 saturated carbocycles. The molecule has 0 spiro atoms. The number of unbranched alkanes of at least 4 members (excludes halogenated alkanes) is 23. The van der Waals surface area contributed by atoms with Crippen molar-refractivity contribution >= 4 is 11.9 Å². The minimum atomic E-state index is -0.960. The minimum absolute atomic E-state index is 0.111. The van der Waals surface area contributed by atoms with Gasteiger partial charge in [-0.25, -0.2) is 0 Å². The fourth-order valence-corrected chi connectivity index (χ4v) is 5.58. The topological polar surface area (TPSA) is 145 Å². The molecule has 0 aliphatic heterocycles. The van der Waals surface area contributed by atoms with E-state index in [4.69, 9.17) is 25.2 Å². The quantitative estimate of drug-likeness (QED) is 0.0243. The summed E-state index contributed by atoms with van der Waals surface area (Å²) in [5.74, 6) is -0.967. The maximum absolute atomic E-state index is 11.4. The first kappa shape index (κ1) is 50.4. The Bertz CT molecular complexity index is 754. The van der Waals surface area contributed by atoms with Crippen LogP contribution >= 0.6 is 0 Å². The molecule has 0 heterocycles. The molecule has 8 nitrogen and oxygen atoms in total. The predicted octanol–water partition coefficient (Wildman–Crippen LogP) is 10.1. The molecular formula is C42H80O8. The average Bonchev–Trinajstić information content (AvgIpc) is 3.11. The van der Waals surface area contributed by atoms with Gasteiger partial charge in [0.15, 0.2) is 0 Å². The molecule has 0 aromatic rings. The van der Waals surface area contributed by atoms with E-state index in [1.54, 1.807) is 0 Å².